The molecule has 2 saturated heterocycles. The zero-order chi connectivity index (χ0) is 36.1. The quantitative estimate of drug-likeness (QED) is 0.211. The number of hydrogen-bond donors (Lipinski definition) is 0. The largest absolute Gasteiger partial charge is 0.489 e. The number of amides is 1. The Hall–Kier alpha value is -2.41. The number of ether oxygens (including phenoxy) is 4. The van der Waals surface area contributed by atoms with Crippen LogP contribution in [-0.2, 0) is 25.2 Å². The van der Waals surface area contributed by atoms with Crippen LogP contribution in [0.1, 0.15) is 79.0 Å². The fourth-order valence-corrected chi connectivity index (χ4v) is 9.16. The molecule has 2 aromatic heterocycles. The molecule has 0 bridgehead atoms. The smallest absolute Gasteiger partial charge is 0.410 e. The molecular weight excluding hydrogens is 690 g/mol. The van der Waals surface area contributed by atoms with Gasteiger partial charge in [-0.05, 0) is 89.7 Å². The Morgan fingerprint density at radius 3 is 2.60 bits per heavy atom. The molecule has 0 N–H and O–H groups in total. The molecule has 0 radical (unpaired) electrons. The highest BCUT2D eigenvalue weighted by Crippen LogP contribution is 2.49. The minimum Gasteiger partial charge on any atom is -0.489 e. The van der Waals surface area contributed by atoms with Crippen LogP contribution in [0.15, 0.2) is 30.5 Å². The first kappa shape index (κ1) is 37.3. The second kappa shape index (κ2) is 14.2. The van der Waals surface area contributed by atoms with E-state index in [0.29, 0.717) is 51.0 Å². The Morgan fingerprint density at radius 2 is 1.90 bits per heavy atom. The summed E-state index contributed by atoms with van der Waals surface area (Å²) in [5, 5.41) is 0.734. The van der Waals surface area contributed by atoms with Crippen molar-refractivity contribution in [3.8, 4) is 16.9 Å². The maximum Gasteiger partial charge on any atom is 0.410 e. The van der Waals surface area contributed by atoms with Gasteiger partial charge in [0.05, 0.1) is 41.2 Å². The van der Waals surface area contributed by atoms with Crippen LogP contribution in [0, 0.1) is 0 Å². The average Bonchev–Trinajstić information content (AvgIpc) is 3.62. The van der Waals surface area contributed by atoms with E-state index in [4.69, 9.17) is 40.0 Å². The molecule has 1 aromatic carbocycles. The van der Waals surface area contributed by atoms with Gasteiger partial charge in [0.2, 0.25) is 0 Å². The number of carbonyl (C=O) groups excluding carboxylic acids is 1. The molecule has 6 rings (SSSR count). The van der Waals surface area contributed by atoms with Crippen LogP contribution < -0.4 is 9.64 Å². The number of aromatic nitrogens is 1. The summed E-state index contributed by atoms with van der Waals surface area (Å²) in [6, 6.07) is 8.14. The summed E-state index contributed by atoms with van der Waals surface area (Å²) in [5.41, 5.74) is 2.73. The van der Waals surface area contributed by atoms with Crippen LogP contribution in [0.2, 0.25) is 23.2 Å². The molecule has 12 heteroatoms. The molecule has 2 fully saturated rings. The molecule has 5 heterocycles. The van der Waals surface area contributed by atoms with Gasteiger partial charge >= 0.3 is 6.09 Å². The molecule has 274 valence electrons. The number of nitrogens with zero attached hydrogens (tertiary/aromatic N) is 3. The SMILES string of the molecule is CC(C)(C)OC(=O)N1C[C@@H](N2CCOc3cc(Cl)cc(-c4ccnc5cc(CO[Si](C)(C)C(C)(C)C)sc45)c32)C[C@]1(C)COC1CCCCO1. The van der Waals surface area contributed by atoms with Crippen LogP contribution in [0.3, 0.4) is 0 Å². The van der Waals surface area contributed by atoms with Gasteiger partial charge in [-0.3, -0.25) is 9.88 Å². The normalized spacial score (nSPS) is 23.2. The van der Waals surface area contributed by atoms with Gasteiger partial charge in [0, 0.05) is 52.5 Å². The van der Waals surface area contributed by atoms with E-state index in [1.54, 1.807) is 11.3 Å². The molecule has 1 amide bonds. The molecule has 0 aliphatic carbocycles. The third kappa shape index (κ3) is 7.98. The van der Waals surface area contributed by atoms with Gasteiger partial charge in [0.25, 0.3) is 0 Å². The Kier molecular flexibility index (Phi) is 10.6. The molecular formula is C38H54ClN3O6SSi. The summed E-state index contributed by atoms with van der Waals surface area (Å²) in [6.07, 6.45) is 4.96. The van der Waals surface area contributed by atoms with Crippen LogP contribution >= 0.6 is 22.9 Å². The van der Waals surface area contributed by atoms with Gasteiger partial charge in [-0.2, -0.15) is 0 Å². The molecule has 0 spiro atoms. The number of hydrogen-bond acceptors (Lipinski definition) is 9. The predicted molar refractivity (Wildman–Crippen MR) is 204 cm³/mol. The van der Waals surface area contributed by atoms with E-state index in [9.17, 15) is 4.79 Å². The number of thiophene rings is 1. The number of carbonyl (C=O) groups is 1. The van der Waals surface area contributed by atoms with Crippen molar-refractivity contribution in [2.45, 2.75) is 122 Å². The molecule has 1 unspecified atom stereocenters. The fraction of sp³-hybridized carbons (Fsp3) is 0.632. The zero-order valence-corrected chi connectivity index (χ0v) is 33.8. The number of pyridine rings is 1. The Labute approximate surface area is 307 Å². The third-order valence-corrected chi connectivity index (χ3v) is 16.4. The van der Waals surface area contributed by atoms with Crippen LogP contribution in [-0.4, -0.2) is 80.7 Å². The summed E-state index contributed by atoms with van der Waals surface area (Å²) in [7, 11) is -1.93. The van der Waals surface area contributed by atoms with Crippen molar-refractivity contribution in [3.05, 3.63) is 40.4 Å². The van der Waals surface area contributed by atoms with Gasteiger partial charge in [0.15, 0.2) is 14.6 Å². The van der Waals surface area contributed by atoms with Crippen molar-refractivity contribution in [3.63, 3.8) is 0 Å². The minimum absolute atomic E-state index is 0.0137. The summed E-state index contributed by atoms with van der Waals surface area (Å²) >= 11 is 8.52. The summed E-state index contributed by atoms with van der Waals surface area (Å²) in [5.74, 6) is 0.742. The van der Waals surface area contributed by atoms with Crippen LogP contribution in [0.5, 0.6) is 5.75 Å². The van der Waals surface area contributed by atoms with Gasteiger partial charge < -0.3 is 28.3 Å². The predicted octanol–water partition coefficient (Wildman–Crippen LogP) is 9.65. The lowest BCUT2D eigenvalue weighted by molar-refractivity contribution is -0.177. The monoisotopic (exact) mass is 743 g/mol. The number of rotatable bonds is 8. The first-order valence-electron chi connectivity index (χ1n) is 17.9. The van der Waals surface area contributed by atoms with Gasteiger partial charge in [-0.15, -0.1) is 11.3 Å². The summed E-state index contributed by atoms with van der Waals surface area (Å²) < 4.78 is 32.2. The Balaban J connectivity index is 1.34. The van der Waals surface area contributed by atoms with E-state index in [0.717, 1.165) is 56.9 Å². The van der Waals surface area contributed by atoms with E-state index in [2.05, 4.69) is 57.8 Å². The standard InChI is InChI=1S/C38H54ClN3O6SSi/c1-36(2,3)48-35(43)42-22-26(21-38(42,7)24-46-32-12-10-11-16-45-32)41-15-17-44-31-19-25(39)18-29(33(31)41)28-13-14-40-30-20-27(49-34(28)30)23-47-50(8,9)37(4,5)6/h13-14,18-20,26,32H,10-12,15-17,21-24H2,1-9H3/t26-,32?,38+/m0/s1. The van der Waals surface area contributed by atoms with E-state index >= 15 is 0 Å². The van der Waals surface area contributed by atoms with Gasteiger partial charge in [0.1, 0.15) is 18.0 Å². The highest BCUT2D eigenvalue weighted by Gasteiger charge is 2.49. The minimum atomic E-state index is -1.93. The van der Waals surface area contributed by atoms with Crippen molar-refractivity contribution in [1.82, 2.24) is 9.88 Å². The van der Waals surface area contributed by atoms with Gasteiger partial charge in [-0.1, -0.05) is 32.4 Å². The lowest BCUT2D eigenvalue weighted by Crippen LogP contribution is -2.50. The van der Waals surface area contributed by atoms with E-state index in [-0.39, 0.29) is 23.5 Å². The lowest BCUT2D eigenvalue weighted by atomic mass is 9.95. The first-order chi connectivity index (χ1) is 23.4. The van der Waals surface area contributed by atoms with E-state index < -0.39 is 19.5 Å². The Bertz CT molecular complexity index is 1700. The molecule has 3 aliphatic rings. The van der Waals surface area contributed by atoms with Crippen molar-refractivity contribution >= 4 is 53.3 Å². The molecule has 50 heavy (non-hydrogen) atoms. The average molecular weight is 744 g/mol. The second-order valence-corrected chi connectivity index (χ2v) is 23.1. The van der Waals surface area contributed by atoms with Crippen molar-refractivity contribution < 1.29 is 28.2 Å². The van der Waals surface area contributed by atoms with E-state index in [1.807, 2.05) is 44.0 Å². The van der Waals surface area contributed by atoms with E-state index in [1.165, 1.54) is 0 Å². The highest BCUT2D eigenvalue weighted by molar-refractivity contribution is 7.19. The Morgan fingerprint density at radius 1 is 1.12 bits per heavy atom. The topological polar surface area (TPSA) is 82.6 Å². The van der Waals surface area contributed by atoms with Crippen molar-refractivity contribution in [2.75, 3.05) is 37.8 Å². The molecule has 9 nitrogen and oxygen atoms in total. The van der Waals surface area contributed by atoms with Gasteiger partial charge in [-0.25, -0.2) is 4.79 Å². The zero-order valence-electron chi connectivity index (χ0n) is 31.2. The number of halogens is 1. The lowest BCUT2D eigenvalue weighted by Gasteiger charge is -2.38. The number of benzene rings is 1. The highest BCUT2D eigenvalue weighted by atomic mass is 35.5. The fourth-order valence-electron chi connectivity index (χ4n) is 6.84. The van der Waals surface area contributed by atoms with Crippen molar-refractivity contribution in [1.29, 1.82) is 0 Å². The molecule has 0 saturated carbocycles. The third-order valence-electron chi connectivity index (χ3n) is 10.5. The summed E-state index contributed by atoms with van der Waals surface area (Å²) in [4.78, 5) is 24.0. The maximum atomic E-state index is 13.8. The number of likely N-dealkylation sites (tertiary alicyclic amines) is 1. The second-order valence-electron chi connectivity index (χ2n) is 16.7. The molecule has 3 aromatic rings. The van der Waals surface area contributed by atoms with Crippen molar-refractivity contribution in [2.24, 2.45) is 0 Å². The van der Waals surface area contributed by atoms with Crippen LogP contribution in [0.4, 0.5) is 10.5 Å². The molecule has 3 aliphatic heterocycles. The summed E-state index contributed by atoms with van der Waals surface area (Å²) in [6.45, 7) is 22.5. The maximum absolute atomic E-state index is 13.8. The number of fused-ring (bicyclic) bond motifs is 2. The number of anilines is 1. The molecule has 3 atom stereocenters. The first-order valence-corrected chi connectivity index (χ1v) is 22.0. The van der Waals surface area contributed by atoms with Crippen LogP contribution in [0.25, 0.3) is 21.3 Å².